The number of anilines is 1. The Morgan fingerprint density at radius 1 is 1.24 bits per heavy atom. The quantitative estimate of drug-likeness (QED) is 0.788. The standard InChI is InChI=1S/C13H20ClN3O3S/c14-12-10-11(2-3-13(12)15)21(19,20)17-5-1-4-16(6-7-17)8-9-18/h2-3,10,18H,1,4-9,15H2. The largest absolute Gasteiger partial charge is 0.398 e. The SMILES string of the molecule is Nc1ccc(S(=O)(=O)N2CCCN(CCO)CC2)cc1Cl. The molecule has 3 N–H and O–H groups in total. The Balaban J connectivity index is 2.17. The molecule has 6 nitrogen and oxygen atoms in total. The van der Waals surface area contributed by atoms with E-state index in [1.807, 2.05) is 0 Å². The van der Waals surface area contributed by atoms with Crippen LogP contribution in [0.3, 0.4) is 0 Å². The molecule has 1 aliphatic rings. The number of nitrogens with zero attached hydrogens (tertiary/aromatic N) is 2. The maximum atomic E-state index is 12.6. The number of aliphatic hydroxyl groups is 1. The first-order valence-electron chi connectivity index (χ1n) is 6.83. The van der Waals surface area contributed by atoms with Crippen molar-refractivity contribution in [1.29, 1.82) is 0 Å². The van der Waals surface area contributed by atoms with Crippen LogP contribution in [0.2, 0.25) is 5.02 Å². The second-order valence-corrected chi connectivity index (χ2v) is 7.35. The summed E-state index contributed by atoms with van der Waals surface area (Å²) in [4.78, 5) is 2.23. The third-order valence-electron chi connectivity index (χ3n) is 3.57. The van der Waals surface area contributed by atoms with Crippen molar-refractivity contribution in [1.82, 2.24) is 9.21 Å². The van der Waals surface area contributed by atoms with Crippen LogP contribution < -0.4 is 5.73 Å². The normalized spacial score (nSPS) is 18.6. The van der Waals surface area contributed by atoms with Gasteiger partial charge in [-0.3, -0.25) is 4.90 Å². The lowest BCUT2D eigenvalue weighted by molar-refractivity contribution is 0.202. The lowest BCUT2D eigenvalue weighted by Crippen LogP contribution is -2.35. The minimum absolute atomic E-state index is 0.0837. The number of aliphatic hydroxyl groups excluding tert-OH is 1. The molecular weight excluding hydrogens is 314 g/mol. The zero-order valence-electron chi connectivity index (χ0n) is 11.7. The van der Waals surface area contributed by atoms with Gasteiger partial charge in [0.2, 0.25) is 10.0 Å². The van der Waals surface area contributed by atoms with E-state index in [1.54, 1.807) is 0 Å². The van der Waals surface area contributed by atoms with E-state index < -0.39 is 10.0 Å². The number of halogens is 1. The molecule has 0 atom stereocenters. The molecule has 1 heterocycles. The molecule has 0 aliphatic carbocycles. The van der Waals surface area contributed by atoms with Crippen molar-refractivity contribution in [2.45, 2.75) is 11.3 Å². The molecule has 0 saturated carbocycles. The zero-order chi connectivity index (χ0) is 15.5. The highest BCUT2D eigenvalue weighted by molar-refractivity contribution is 7.89. The number of sulfonamides is 1. The smallest absolute Gasteiger partial charge is 0.243 e. The molecule has 1 aliphatic heterocycles. The van der Waals surface area contributed by atoms with Crippen LogP contribution in [0.4, 0.5) is 5.69 Å². The predicted octanol–water partition coefficient (Wildman–Crippen LogP) is 0.611. The van der Waals surface area contributed by atoms with Crippen molar-refractivity contribution < 1.29 is 13.5 Å². The second kappa shape index (κ2) is 6.93. The third-order valence-corrected chi connectivity index (χ3v) is 5.80. The van der Waals surface area contributed by atoms with Crippen LogP contribution in [0.5, 0.6) is 0 Å². The number of hydrogen-bond acceptors (Lipinski definition) is 5. The summed E-state index contributed by atoms with van der Waals surface area (Å²) < 4.78 is 26.7. The maximum Gasteiger partial charge on any atom is 0.243 e. The van der Waals surface area contributed by atoms with Gasteiger partial charge in [0, 0.05) is 26.2 Å². The predicted molar refractivity (Wildman–Crippen MR) is 82.8 cm³/mol. The summed E-state index contributed by atoms with van der Waals surface area (Å²) in [6, 6.07) is 4.38. The summed E-state index contributed by atoms with van der Waals surface area (Å²) in [5, 5.41) is 9.21. The van der Waals surface area contributed by atoms with Gasteiger partial charge in [-0.05, 0) is 31.2 Å². The van der Waals surface area contributed by atoms with Crippen molar-refractivity contribution in [3.8, 4) is 0 Å². The maximum absolute atomic E-state index is 12.6. The first-order chi connectivity index (χ1) is 9.95. The fourth-order valence-corrected chi connectivity index (χ4v) is 4.11. The van der Waals surface area contributed by atoms with Crippen LogP contribution in [-0.2, 0) is 10.0 Å². The summed E-state index contributed by atoms with van der Waals surface area (Å²) in [6.07, 6.45) is 0.738. The average Bonchev–Trinajstić information content (AvgIpc) is 2.68. The molecule has 1 saturated heterocycles. The van der Waals surface area contributed by atoms with Crippen molar-refractivity contribution in [2.24, 2.45) is 0 Å². The molecule has 1 aromatic carbocycles. The first kappa shape index (κ1) is 16.5. The van der Waals surface area contributed by atoms with E-state index >= 15 is 0 Å². The molecule has 118 valence electrons. The van der Waals surface area contributed by atoms with E-state index in [-0.39, 0.29) is 16.5 Å². The van der Waals surface area contributed by atoms with Crippen molar-refractivity contribution in [3.05, 3.63) is 23.2 Å². The summed E-state index contributed by atoms with van der Waals surface area (Å²) in [6.45, 7) is 2.93. The molecule has 8 heteroatoms. The van der Waals surface area contributed by atoms with E-state index in [2.05, 4.69) is 4.90 Å². The Morgan fingerprint density at radius 2 is 2.00 bits per heavy atom. The van der Waals surface area contributed by atoms with E-state index in [0.29, 0.717) is 31.9 Å². The molecule has 21 heavy (non-hydrogen) atoms. The van der Waals surface area contributed by atoms with Crippen LogP contribution in [-0.4, -0.2) is 62.1 Å². The monoisotopic (exact) mass is 333 g/mol. The highest BCUT2D eigenvalue weighted by Crippen LogP contribution is 2.25. The van der Waals surface area contributed by atoms with Gasteiger partial charge in [-0.25, -0.2) is 8.42 Å². The number of nitrogens with two attached hydrogens (primary N) is 1. The highest BCUT2D eigenvalue weighted by atomic mass is 35.5. The Hall–Kier alpha value is -0.860. The topological polar surface area (TPSA) is 86.9 Å². The second-order valence-electron chi connectivity index (χ2n) is 5.01. The van der Waals surface area contributed by atoms with Crippen LogP contribution in [0.15, 0.2) is 23.1 Å². The van der Waals surface area contributed by atoms with Crippen molar-refractivity contribution >= 4 is 27.3 Å². The molecule has 0 radical (unpaired) electrons. The van der Waals surface area contributed by atoms with Gasteiger partial charge in [0.15, 0.2) is 0 Å². The summed E-state index contributed by atoms with van der Waals surface area (Å²) in [5.41, 5.74) is 5.98. The fraction of sp³-hybridized carbons (Fsp3) is 0.538. The minimum atomic E-state index is -3.56. The van der Waals surface area contributed by atoms with E-state index in [0.717, 1.165) is 13.0 Å². The molecule has 2 rings (SSSR count). The molecular formula is C13H20ClN3O3S. The first-order valence-corrected chi connectivity index (χ1v) is 8.65. The van der Waals surface area contributed by atoms with Gasteiger partial charge >= 0.3 is 0 Å². The zero-order valence-corrected chi connectivity index (χ0v) is 13.3. The van der Waals surface area contributed by atoms with Crippen molar-refractivity contribution in [2.75, 3.05) is 45.1 Å². The molecule has 1 fully saturated rings. The van der Waals surface area contributed by atoms with E-state index in [1.165, 1.54) is 22.5 Å². The van der Waals surface area contributed by atoms with Gasteiger partial charge in [0.1, 0.15) is 0 Å². The van der Waals surface area contributed by atoms with Gasteiger partial charge in [-0.2, -0.15) is 4.31 Å². The van der Waals surface area contributed by atoms with Gasteiger partial charge < -0.3 is 10.8 Å². The molecule has 0 aromatic heterocycles. The van der Waals surface area contributed by atoms with Gasteiger partial charge in [-0.15, -0.1) is 0 Å². The Bertz CT molecular complexity index is 594. The Morgan fingerprint density at radius 3 is 2.67 bits per heavy atom. The number of β-amino-alcohol motifs (C(OH)–C–C–N with tert-alkyl or cyclic N) is 1. The molecule has 1 aromatic rings. The lowest BCUT2D eigenvalue weighted by atomic mass is 10.3. The molecule has 0 unspecified atom stereocenters. The van der Waals surface area contributed by atoms with E-state index in [9.17, 15) is 8.42 Å². The molecule has 0 amide bonds. The summed E-state index contributed by atoms with van der Waals surface area (Å²) >= 11 is 5.91. The number of rotatable bonds is 4. The number of benzene rings is 1. The highest BCUT2D eigenvalue weighted by Gasteiger charge is 2.27. The lowest BCUT2D eigenvalue weighted by Gasteiger charge is -2.21. The van der Waals surface area contributed by atoms with Crippen LogP contribution in [0.1, 0.15) is 6.42 Å². The van der Waals surface area contributed by atoms with Gasteiger partial charge in [0.05, 0.1) is 22.2 Å². The van der Waals surface area contributed by atoms with Crippen molar-refractivity contribution in [3.63, 3.8) is 0 Å². The molecule has 0 spiro atoms. The Kier molecular flexibility index (Phi) is 5.45. The summed E-state index contributed by atoms with van der Waals surface area (Å²) in [5.74, 6) is 0. The fourth-order valence-electron chi connectivity index (χ4n) is 2.37. The third kappa shape index (κ3) is 3.87. The van der Waals surface area contributed by atoms with Crippen LogP contribution >= 0.6 is 11.6 Å². The minimum Gasteiger partial charge on any atom is -0.398 e. The molecule has 0 bridgehead atoms. The van der Waals surface area contributed by atoms with Crippen LogP contribution in [0, 0.1) is 0 Å². The average molecular weight is 334 g/mol. The van der Waals surface area contributed by atoms with Crippen LogP contribution in [0.25, 0.3) is 0 Å². The number of nitrogen functional groups attached to an aromatic ring is 1. The Labute approximate surface area is 130 Å². The van der Waals surface area contributed by atoms with Gasteiger partial charge in [0.25, 0.3) is 0 Å². The number of hydrogen-bond donors (Lipinski definition) is 2. The van der Waals surface area contributed by atoms with Gasteiger partial charge in [-0.1, -0.05) is 11.6 Å². The van der Waals surface area contributed by atoms with E-state index in [4.69, 9.17) is 22.4 Å². The summed E-state index contributed by atoms with van der Waals surface area (Å²) in [7, 11) is -3.56.